The molecule has 82 valence electrons. The number of carbonyl (C=O) groups is 1. The second kappa shape index (κ2) is 5.88. The summed E-state index contributed by atoms with van der Waals surface area (Å²) < 4.78 is 1.02. The fourth-order valence-electron chi connectivity index (χ4n) is 1.21. The molecule has 0 radical (unpaired) electrons. The maximum Gasteiger partial charge on any atom is 0.221 e. The predicted octanol–water partition coefficient (Wildman–Crippen LogP) is 1.80. The molecule has 3 N–H and O–H groups in total. The lowest BCUT2D eigenvalue weighted by Crippen LogP contribution is -2.29. The summed E-state index contributed by atoms with van der Waals surface area (Å²) in [7, 11) is 0. The van der Waals surface area contributed by atoms with Crippen molar-refractivity contribution in [2.45, 2.75) is 25.9 Å². The van der Waals surface area contributed by atoms with E-state index < -0.39 is 0 Å². The van der Waals surface area contributed by atoms with Gasteiger partial charge in [0.15, 0.2) is 0 Å². The Morgan fingerprint density at radius 1 is 1.60 bits per heavy atom. The van der Waals surface area contributed by atoms with Crippen LogP contribution in [0.3, 0.4) is 0 Å². The molecule has 0 saturated carbocycles. The zero-order chi connectivity index (χ0) is 11.3. The van der Waals surface area contributed by atoms with Crippen LogP contribution in [0.5, 0.6) is 0 Å². The molecule has 0 aromatic heterocycles. The summed E-state index contributed by atoms with van der Waals surface area (Å²) in [6.07, 6.45) is 0.369. The molecule has 1 amide bonds. The maximum absolute atomic E-state index is 11.3. The molecule has 1 unspecified atom stereocenters. The number of benzene rings is 1. The number of carbonyl (C=O) groups excluding carboxylic acids is 1. The Bertz CT molecular complexity index is 339. The van der Waals surface area contributed by atoms with E-state index in [4.69, 9.17) is 5.73 Å². The molecule has 1 aromatic carbocycles. The van der Waals surface area contributed by atoms with E-state index in [1.54, 1.807) is 0 Å². The molecule has 0 bridgehead atoms. The van der Waals surface area contributed by atoms with Gasteiger partial charge in [-0.15, -0.1) is 0 Å². The van der Waals surface area contributed by atoms with Gasteiger partial charge < -0.3 is 11.1 Å². The molecule has 15 heavy (non-hydrogen) atoms. The van der Waals surface area contributed by atoms with Gasteiger partial charge in [0.1, 0.15) is 0 Å². The summed E-state index contributed by atoms with van der Waals surface area (Å²) in [6.45, 7) is 2.36. The standard InChI is InChI=1S/C11H15BrN2O/c1-8(13)5-11(15)14-7-9-3-2-4-10(12)6-9/h2-4,6,8H,5,7,13H2,1H3,(H,14,15). The van der Waals surface area contributed by atoms with Crippen molar-refractivity contribution < 1.29 is 4.79 Å². The molecule has 3 nitrogen and oxygen atoms in total. The van der Waals surface area contributed by atoms with Gasteiger partial charge in [0.25, 0.3) is 0 Å². The highest BCUT2D eigenvalue weighted by molar-refractivity contribution is 9.10. The van der Waals surface area contributed by atoms with Crippen molar-refractivity contribution in [1.82, 2.24) is 5.32 Å². The molecule has 0 spiro atoms. The summed E-state index contributed by atoms with van der Waals surface area (Å²) in [5.41, 5.74) is 6.59. The fourth-order valence-corrected chi connectivity index (χ4v) is 1.66. The number of hydrogen-bond donors (Lipinski definition) is 2. The quantitative estimate of drug-likeness (QED) is 0.877. The van der Waals surface area contributed by atoms with Crippen LogP contribution in [0.4, 0.5) is 0 Å². The summed E-state index contributed by atoms with van der Waals surface area (Å²) >= 11 is 3.38. The highest BCUT2D eigenvalue weighted by Crippen LogP contribution is 2.11. The molecule has 1 aromatic rings. The molecule has 0 aliphatic carbocycles. The number of halogens is 1. The molecule has 0 saturated heterocycles. The van der Waals surface area contributed by atoms with Crippen LogP contribution in [0.15, 0.2) is 28.7 Å². The highest BCUT2D eigenvalue weighted by atomic mass is 79.9. The van der Waals surface area contributed by atoms with Crippen molar-refractivity contribution >= 4 is 21.8 Å². The molecule has 0 heterocycles. The van der Waals surface area contributed by atoms with Crippen molar-refractivity contribution in [3.8, 4) is 0 Å². The lowest BCUT2D eigenvalue weighted by atomic mass is 10.2. The third-order valence-corrected chi connectivity index (χ3v) is 2.38. The van der Waals surface area contributed by atoms with E-state index in [1.807, 2.05) is 31.2 Å². The normalized spacial score (nSPS) is 12.2. The summed E-state index contributed by atoms with van der Waals surface area (Å²) in [5, 5.41) is 2.82. The van der Waals surface area contributed by atoms with Gasteiger partial charge in [0.05, 0.1) is 0 Å². The Morgan fingerprint density at radius 2 is 2.33 bits per heavy atom. The minimum absolute atomic E-state index is 0.00928. The van der Waals surface area contributed by atoms with Crippen LogP contribution in [0.2, 0.25) is 0 Å². The van der Waals surface area contributed by atoms with E-state index in [1.165, 1.54) is 0 Å². The minimum Gasteiger partial charge on any atom is -0.352 e. The van der Waals surface area contributed by atoms with E-state index in [9.17, 15) is 4.79 Å². The molecule has 0 aliphatic heterocycles. The van der Waals surface area contributed by atoms with Gasteiger partial charge in [-0.3, -0.25) is 4.79 Å². The van der Waals surface area contributed by atoms with Gasteiger partial charge in [-0.25, -0.2) is 0 Å². The number of hydrogen-bond acceptors (Lipinski definition) is 2. The smallest absolute Gasteiger partial charge is 0.221 e. The van der Waals surface area contributed by atoms with Crippen LogP contribution in [0.25, 0.3) is 0 Å². The number of rotatable bonds is 4. The Hall–Kier alpha value is -0.870. The van der Waals surface area contributed by atoms with Gasteiger partial charge in [0, 0.05) is 23.5 Å². The third kappa shape index (κ3) is 4.95. The van der Waals surface area contributed by atoms with Crippen LogP contribution in [0, 0.1) is 0 Å². The average Bonchev–Trinajstić information content (AvgIpc) is 2.14. The number of amides is 1. The third-order valence-electron chi connectivity index (χ3n) is 1.89. The molecule has 1 rings (SSSR count). The summed E-state index contributed by atoms with van der Waals surface area (Å²) in [5.74, 6) is -0.00928. The molecular formula is C11H15BrN2O. The van der Waals surface area contributed by atoms with Crippen LogP contribution >= 0.6 is 15.9 Å². The van der Waals surface area contributed by atoms with Crippen molar-refractivity contribution in [1.29, 1.82) is 0 Å². The SMILES string of the molecule is CC(N)CC(=O)NCc1cccc(Br)c1. The van der Waals surface area contributed by atoms with Crippen LogP contribution in [0.1, 0.15) is 18.9 Å². The molecule has 0 fully saturated rings. The Morgan fingerprint density at radius 3 is 2.93 bits per heavy atom. The molecule has 0 aliphatic rings. The molecular weight excluding hydrogens is 256 g/mol. The largest absolute Gasteiger partial charge is 0.352 e. The van der Waals surface area contributed by atoms with Gasteiger partial charge in [0.2, 0.25) is 5.91 Å². The van der Waals surface area contributed by atoms with E-state index in [0.717, 1.165) is 10.0 Å². The van der Waals surface area contributed by atoms with Gasteiger partial charge >= 0.3 is 0 Å². The van der Waals surface area contributed by atoms with Crippen LogP contribution in [-0.2, 0) is 11.3 Å². The van der Waals surface area contributed by atoms with Crippen molar-refractivity contribution in [3.63, 3.8) is 0 Å². The number of nitrogens with two attached hydrogens (primary N) is 1. The fraction of sp³-hybridized carbons (Fsp3) is 0.364. The molecule has 1 atom stereocenters. The second-order valence-electron chi connectivity index (χ2n) is 3.59. The summed E-state index contributed by atoms with van der Waals surface area (Å²) in [4.78, 5) is 11.3. The zero-order valence-electron chi connectivity index (χ0n) is 8.66. The van der Waals surface area contributed by atoms with Gasteiger partial charge in [-0.2, -0.15) is 0 Å². The zero-order valence-corrected chi connectivity index (χ0v) is 10.3. The van der Waals surface area contributed by atoms with Crippen molar-refractivity contribution in [2.75, 3.05) is 0 Å². The first kappa shape index (κ1) is 12.2. The Balaban J connectivity index is 2.40. The monoisotopic (exact) mass is 270 g/mol. The average molecular weight is 271 g/mol. The van der Waals surface area contributed by atoms with Crippen LogP contribution in [-0.4, -0.2) is 11.9 Å². The van der Waals surface area contributed by atoms with Crippen molar-refractivity contribution in [2.24, 2.45) is 5.73 Å². The van der Waals surface area contributed by atoms with E-state index in [2.05, 4.69) is 21.2 Å². The van der Waals surface area contributed by atoms with E-state index in [0.29, 0.717) is 13.0 Å². The topological polar surface area (TPSA) is 55.1 Å². The first-order chi connectivity index (χ1) is 7.08. The van der Waals surface area contributed by atoms with E-state index >= 15 is 0 Å². The first-order valence-corrected chi connectivity index (χ1v) is 5.64. The highest BCUT2D eigenvalue weighted by Gasteiger charge is 2.04. The summed E-state index contributed by atoms with van der Waals surface area (Å²) in [6, 6.07) is 7.75. The first-order valence-electron chi connectivity index (χ1n) is 4.84. The second-order valence-corrected chi connectivity index (χ2v) is 4.50. The van der Waals surface area contributed by atoms with Gasteiger partial charge in [-0.1, -0.05) is 28.1 Å². The van der Waals surface area contributed by atoms with E-state index in [-0.39, 0.29) is 11.9 Å². The lowest BCUT2D eigenvalue weighted by Gasteiger charge is -2.07. The minimum atomic E-state index is -0.0903. The lowest BCUT2D eigenvalue weighted by molar-refractivity contribution is -0.121. The Labute approximate surface area is 98.2 Å². The molecule has 4 heteroatoms. The van der Waals surface area contributed by atoms with Crippen LogP contribution < -0.4 is 11.1 Å². The maximum atomic E-state index is 11.3. The number of nitrogens with one attached hydrogen (secondary N) is 1. The van der Waals surface area contributed by atoms with Gasteiger partial charge in [-0.05, 0) is 24.6 Å². The van der Waals surface area contributed by atoms with Crippen molar-refractivity contribution in [3.05, 3.63) is 34.3 Å². The predicted molar refractivity (Wildman–Crippen MR) is 64.3 cm³/mol. The Kier molecular flexibility index (Phi) is 4.78.